The molecule has 28 heavy (non-hydrogen) atoms. The van der Waals surface area contributed by atoms with Crippen LogP contribution < -0.4 is 15.5 Å². The zero-order valence-electron chi connectivity index (χ0n) is 16.7. The summed E-state index contributed by atoms with van der Waals surface area (Å²) in [5, 5.41) is 14.2. The second-order valence-corrected chi connectivity index (χ2v) is 7.84. The largest absolute Gasteiger partial charge is 0.480 e. The molecule has 1 saturated heterocycles. The highest BCUT2D eigenvalue weighted by molar-refractivity contribution is 5.98. The third-order valence-corrected chi connectivity index (χ3v) is 4.48. The summed E-state index contributed by atoms with van der Waals surface area (Å²) in [5.74, 6) is -1.43. The van der Waals surface area contributed by atoms with E-state index in [2.05, 4.69) is 15.6 Å². The second-order valence-electron chi connectivity index (χ2n) is 7.84. The van der Waals surface area contributed by atoms with Gasteiger partial charge in [-0.2, -0.15) is 0 Å². The van der Waals surface area contributed by atoms with E-state index in [1.165, 1.54) is 6.92 Å². The van der Waals surface area contributed by atoms with Crippen molar-refractivity contribution in [1.29, 1.82) is 0 Å². The van der Waals surface area contributed by atoms with Gasteiger partial charge in [0.1, 0.15) is 17.9 Å². The fraction of sp³-hybridized carbons (Fsp3) is 0.579. The maximum Gasteiger partial charge on any atom is 0.325 e. The lowest BCUT2D eigenvalue weighted by atomic mass is 9.85. The van der Waals surface area contributed by atoms with Gasteiger partial charge in [0.05, 0.1) is 13.2 Å². The van der Waals surface area contributed by atoms with Crippen molar-refractivity contribution in [1.82, 2.24) is 15.6 Å². The molecular weight excluding hydrogens is 364 g/mol. The SMILES string of the molecule is C[C@H](NC(=O)[C@@H](NC(=O)c1ccnc(N2CCOCC2)c1)C(C)(C)C)C(=O)O. The summed E-state index contributed by atoms with van der Waals surface area (Å²) in [5.41, 5.74) is -0.234. The third kappa shape index (κ3) is 5.66. The number of nitrogens with one attached hydrogen (secondary N) is 2. The Kier molecular flexibility index (Phi) is 6.95. The van der Waals surface area contributed by atoms with Crippen molar-refractivity contribution in [3.63, 3.8) is 0 Å². The minimum atomic E-state index is -1.14. The van der Waals surface area contributed by atoms with Gasteiger partial charge >= 0.3 is 5.97 Å². The van der Waals surface area contributed by atoms with Gasteiger partial charge in [0.25, 0.3) is 5.91 Å². The predicted octanol–water partition coefficient (Wildman–Crippen LogP) is 0.652. The van der Waals surface area contributed by atoms with Crippen LogP contribution in [0, 0.1) is 5.41 Å². The number of nitrogens with zero attached hydrogens (tertiary/aromatic N) is 2. The third-order valence-electron chi connectivity index (χ3n) is 4.48. The van der Waals surface area contributed by atoms with Gasteiger partial charge in [-0.25, -0.2) is 4.98 Å². The highest BCUT2D eigenvalue weighted by atomic mass is 16.5. The Morgan fingerprint density at radius 3 is 2.43 bits per heavy atom. The van der Waals surface area contributed by atoms with Gasteiger partial charge in [-0.15, -0.1) is 0 Å². The van der Waals surface area contributed by atoms with Crippen LogP contribution in [0.25, 0.3) is 0 Å². The van der Waals surface area contributed by atoms with Crippen molar-refractivity contribution in [3.05, 3.63) is 23.9 Å². The molecule has 2 rings (SSSR count). The number of hydrogen-bond acceptors (Lipinski definition) is 6. The summed E-state index contributed by atoms with van der Waals surface area (Å²) in [4.78, 5) is 42.7. The molecule has 0 radical (unpaired) electrons. The van der Waals surface area contributed by atoms with E-state index in [-0.39, 0.29) is 0 Å². The Morgan fingerprint density at radius 2 is 1.86 bits per heavy atom. The van der Waals surface area contributed by atoms with Crippen molar-refractivity contribution in [2.24, 2.45) is 5.41 Å². The van der Waals surface area contributed by atoms with Crippen molar-refractivity contribution < 1.29 is 24.2 Å². The number of carboxylic acid groups (broad SMARTS) is 1. The lowest BCUT2D eigenvalue weighted by molar-refractivity contribution is -0.142. The Bertz CT molecular complexity index is 725. The molecule has 0 aliphatic carbocycles. The summed E-state index contributed by atoms with van der Waals surface area (Å²) >= 11 is 0. The molecule has 2 heterocycles. The van der Waals surface area contributed by atoms with Gasteiger partial charge in [-0.1, -0.05) is 20.8 Å². The van der Waals surface area contributed by atoms with E-state index in [0.29, 0.717) is 37.7 Å². The number of rotatable bonds is 6. The van der Waals surface area contributed by atoms with E-state index in [9.17, 15) is 14.4 Å². The molecule has 0 unspecified atom stereocenters. The first-order chi connectivity index (χ1) is 13.1. The number of pyridine rings is 1. The van der Waals surface area contributed by atoms with Crippen LogP contribution in [0.15, 0.2) is 18.3 Å². The smallest absolute Gasteiger partial charge is 0.325 e. The van der Waals surface area contributed by atoms with Crippen molar-refractivity contribution in [3.8, 4) is 0 Å². The standard InChI is InChI=1S/C19H28N4O5/c1-12(18(26)27)21-17(25)15(19(2,3)4)22-16(24)13-5-6-20-14(11-13)23-7-9-28-10-8-23/h5-6,11-12,15H,7-10H2,1-4H3,(H,21,25)(H,22,24)(H,26,27)/t12-,15+/m0/s1. The Morgan fingerprint density at radius 1 is 1.21 bits per heavy atom. The van der Waals surface area contributed by atoms with E-state index in [1.54, 1.807) is 39.1 Å². The van der Waals surface area contributed by atoms with Crippen LogP contribution in [0.5, 0.6) is 0 Å². The number of carbonyl (C=O) groups excluding carboxylic acids is 2. The number of carboxylic acids is 1. The van der Waals surface area contributed by atoms with Gasteiger partial charge in [-0.3, -0.25) is 14.4 Å². The highest BCUT2D eigenvalue weighted by Crippen LogP contribution is 2.21. The molecule has 9 heteroatoms. The Labute approximate surface area is 164 Å². The average molecular weight is 392 g/mol. The molecule has 2 amide bonds. The Balaban J connectivity index is 2.15. The zero-order chi connectivity index (χ0) is 20.9. The zero-order valence-corrected chi connectivity index (χ0v) is 16.7. The van der Waals surface area contributed by atoms with Crippen LogP contribution >= 0.6 is 0 Å². The van der Waals surface area contributed by atoms with E-state index < -0.39 is 35.3 Å². The van der Waals surface area contributed by atoms with Crippen LogP contribution in [0.3, 0.4) is 0 Å². The first kappa shape index (κ1) is 21.6. The molecule has 1 fully saturated rings. The van der Waals surface area contributed by atoms with E-state index in [1.807, 2.05) is 4.90 Å². The van der Waals surface area contributed by atoms with Gasteiger partial charge < -0.3 is 25.4 Å². The maximum absolute atomic E-state index is 12.8. The highest BCUT2D eigenvalue weighted by Gasteiger charge is 2.34. The topological polar surface area (TPSA) is 121 Å². The minimum Gasteiger partial charge on any atom is -0.480 e. The lowest BCUT2D eigenvalue weighted by Crippen LogP contribution is -2.56. The summed E-state index contributed by atoms with van der Waals surface area (Å²) < 4.78 is 5.33. The molecule has 1 aliphatic heterocycles. The summed E-state index contributed by atoms with van der Waals surface area (Å²) in [7, 11) is 0. The number of ether oxygens (including phenoxy) is 1. The quantitative estimate of drug-likeness (QED) is 0.650. The summed E-state index contributed by atoms with van der Waals surface area (Å²) in [6.07, 6.45) is 1.55. The monoisotopic (exact) mass is 392 g/mol. The van der Waals surface area contributed by atoms with Gasteiger partial charge in [0.15, 0.2) is 0 Å². The normalized spacial score (nSPS) is 16.8. The van der Waals surface area contributed by atoms with Crippen LogP contribution in [-0.2, 0) is 14.3 Å². The number of carbonyl (C=O) groups is 3. The van der Waals surface area contributed by atoms with E-state index in [4.69, 9.17) is 9.84 Å². The molecule has 1 aliphatic rings. The van der Waals surface area contributed by atoms with Crippen molar-refractivity contribution >= 4 is 23.6 Å². The van der Waals surface area contributed by atoms with Gasteiger partial charge in [-0.05, 0) is 24.5 Å². The molecule has 154 valence electrons. The molecule has 0 spiro atoms. The predicted molar refractivity (Wildman–Crippen MR) is 103 cm³/mol. The molecule has 0 saturated carbocycles. The molecular formula is C19H28N4O5. The van der Waals surface area contributed by atoms with E-state index >= 15 is 0 Å². The second kappa shape index (κ2) is 9.01. The van der Waals surface area contributed by atoms with Crippen molar-refractivity contribution in [2.45, 2.75) is 39.8 Å². The molecule has 0 bridgehead atoms. The average Bonchev–Trinajstić information content (AvgIpc) is 2.65. The van der Waals surface area contributed by atoms with Gasteiger partial charge in [0.2, 0.25) is 5.91 Å². The Hall–Kier alpha value is -2.68. The summed E-state index contributed by atoms with van der Waals surface area (Å²) in [6, 6.07) is 1.31. The maximum atomic E-state index is 12.8. The van der Waals surface area contributed by atoms with Gasteiger partial charge in [0, 0.05) is 24.8 Å². The van der Waals surface area contributed by atoms with Crippen LogP contribution in [0.4, 0.5) is 5.82 Å². The number of hydrogen-bond donors (Lipinski definition) is 3. The first-order valence-electron chi connectivity index (χ1n) is 9.22. The molecule has 9 nitrogen and oxygen atoms in total. The van der Waals surface area contributed by atoms with Crippen LogP contribution in [0.1, 0.15) is 38.1 Å². The fourth-order valence-corrected chi connectivity index (χ4v) is 2.77. The molecule has 3 N–H and O–H groups in total. The number of morpholine rings is 1. The minimum absolute atomic E-state index is 0.379. The number of amides is 2. The van der Waals surface area contributed by atoms with Crippen LogP contribution in [0.2, 0.25) is 0 Å². The van der Waals surface area contributed by atoms with Crippen molar-refractivity contribution in [2.75, 3.05) is 31.2 Å². The molecule has 1 aromatic rings. The molecule has 1 aromatic heterocycles. The summed E-state index contributed by atoms with van der Waals surface area (Å²) in [6.45, 7) is 9.37. The van der Waals surface area contributed by atoms with Crippen LogP contribution in [-0.4, -0.2) is 66.3 Å². The number of anilines is 1. The fourth-order valence-electron chi connectivity index (χ4n) is 2.77. The molecule has 2 atom stereocenters. The van der Waals surface area contributed by atoms with E-state index in [0.717, 1.165) is 0 Å². The first-order valence-corrected chi connectivity index (χ1v) is 9.22. The molecule has 0 aromatic carbocycles. The number of aromatic nitrogens is 1. The lowest BCUT2D eigenvalue weighted by Gasteiger charge is -2.31. The number of aliphatic carboxylic acids is 1.